The average molecular weight is 782 g/mol. The van der Waals surface area contributed by atoms with Gasteiger partial charge in [0, 0.05) is 12.1 Å². The van der Waals surface area contributed by atoms with Gasteiger partial charge in [-0.05, 0) is 81.2 Å². The molecule has 0 aromatic carbocycles. The molecule has 2 aromatic rings. The van der Waals surface area contributed by atoms with Crippen LogP contribution in [0.15, 0.2) is 12.3 Å². The minimum absolute atomic E-state index is 0.000593. The van der Waals surface area contributed by atoms with Crippen molar-refractivity contribution in [3.8, 4) is 0 Å². The second-order valence-corrected chi connectivity index (χ2v) is 17.0. The zero-order valence-corrected chi connectivity index (χ0v) is 33.2. The molecule has 300 valence electrons. The summed E-state index contributed by atoms with van der Waals surface area (Å²) in [6, 6.07) is -0.239. The number of carboxylic acid groups (broad SMARTS) is 1. The molecule has 54 heavy (non-hydrogen) atoms. The van der Waals surface area contributed by atoms with Crippen LogP contribution in [0.25, 0.3) is 17.1 Å². The lowest BCUT2D eigenvalue weighted by atomic mass is 10.1. The van der Waals surface area contributed by atoms with E-state index >= 15 is 0 Å². The summed E-state index contributed by atoms with van der Waals surface area (Å²) in [4.78, 5) is 49.6. The molecule has 1 unspecified atom stereocenters. The van der Waals surface area contributed by atoms with Crippen molar-refractivity contribution in [2.45, 2.75) is 135 Å². The third-order valence-electron chi connectivity index (χ3n) is 9.00. The van der Waals surface area contributed by atoms with E-state index < -0.39 is 66.9 Å². The van der Waals surface area contributed by atoms with Gasteiger partial charge in [-0.1, -0.05) is 12.8 Å². The summed E-state index contributed by atoms with van der Waals surface area (Å²) < 4.78 is 62.9. The predicted octanol–water partition coefficient (Wildman–Crippen LogP) is 5.59. The molecule has 3 aliphatic rings. The summed E-state index contributed by atoms with van der Waals surface area (Å²) >= 11 is 0. The van der Waals surface area contributed by atoms with Gasteiger partial charge in [0.25, 0.3) is 5.34 Å². The Bertz CT molecular complexity index is 1760. The molecule has 1 amide bonds. The summed E-state index contributed by atoms with van der Waals surface area (Å²) in [5, 5.41) is 12.3. The predicted molar refractivity (Wildman–Crippen MR) is 193 cm³/mol. The lowest BCUT2D eigenvalue weighted by molar-refractivity contribution is -0.207. The Hall–Kier alpha value is -3.51. The summed E-state index contributed by atoms with van der Waals surface area (Å²) in [5.74, 6) is -3.04. The SMILES string of the molecule is CCOC(=O)C(C)(OC[C@H]1O[C@@H](n2ncc3c(N(C(=O)OC(C)(C)C)C4CCCC4)nc(/C=C/C(=O)O)nc32)[C@@H]2OC(C)(C)O[C@@H]21)P(=O)(OCC)OCC. The lowest BCUT2D eigenvalue weighted by Crippen LogP contribution is -2.44. The normalized spacial score (nSPS) is 24.2. The molecule has 1 aliphatic carbocycles. The number of carbonyl (C=O) groups excluding carboxylic acids is 2. The van der Waals surface area contributed by atoms with Crippen LogP contribution in [0, 0.1) is 0 Å². The van der Waals surface area contributed by atoms with E-state index in [9.17, 15) is 24.1 Å². The number of amides is 1. The number of carbonyl (C=O) groups is 3. The minimum atomic E-state index is -4.25. The van der Waals surface area contributed by atoms with Crippen molar-refractivity contribution in [1.82, 2.24) is 19.7 Å². The second-order valence-electron chi connectivity index (χ2n) is 14.7. The van der Waals surface area contributed by atoms with Crippen molar-refractivity contribution in [2.75, 3.05) is 31.3 Å². The average Bonchev–Trinajstić information content (AvgIpc) is 3.87. The van der Waals surface area contributed by atoms with Crippen LogP contribution < -0.4 is 4.90 Å². The van der Waals surface area contributed by atoms with Crippen molar-refractivity contribution in [3.63, 3.8) is 0 Å². The first-order valence-corrected chi connectivity index (χ1v) is 19.8. The number of carboxylic acids is 1. The van der Waals surface area contributed by atoms with Gasteiger partial charge in [-0.15, -0.1) is 0 Å². The molecule has 19 heteroatoms. The molecular weight excluding hydrogens is 729 g/mol. The Balaban J connectivity index is 1.58. The summed E-state index contributed by atoms with van der Waals surface area (Å²) in [5.41, 5.74) is -0.599. The number of rotatable bonds is 15. The van der Waals surface area contributed by atoms with Gasteiger partial charge in [0.15, 0.2) is 29.3 Å². The molecular formula is C35H52N5O13P. The van der Waals surface area contributed by atoms with Gasteiger partial charge in [-0.3, -0.25) is 9.46 Å². The molecule has 0 spiro atoms. The summed E-state index contributed by atoms with van der Waals surface area (Å²) in [6.45, 7) is 14.5. The molecule has 0 bridgehead atoms. The van der Waals surface area contributed by atoms with Gasteiger partial charge in [0.05, 0.1) is 38.0 Å². The van der Waals surface area contributed by atoms with Crippen LogP contribution in [0.3, 0.4) is 0 Å². The Morgan fingerprint density at radius 1 is 1.04 bits per heavy atom. The number of nitrogens with zero attached hydrogens (tertiary/aromatic N) is 5. The van der Waals surface area contributed by atoms with E-state index in [1.807, 2.05) is 0 Å². The second kappa shape index (κ2) is 16.3. The fourth-order valence-electron chi connectivity index (χ4n) is 6.77. The van der Waals surface area contributed by atoms with Crippen LogP contribution in [0.4, 0.5) is 10.6 Å². The largest absolute Gasteiger partial charge is 0.478 e. The maximum atomic E-state index is 14.0. The highest BCUT2D eigenvalue weighted by Gasteiger charge is 2.60. The summed E-state index contributed by atoms with van der Waals surface area (Å²) in [7, 11) is -4.25. The molecule has 18 nitrogen and oxygen atoms in total. The highest BCUT2D eigenvalue weighted by atomic mass is 31.2. The third kappa shape index (κ3) is 8.64. The molecule has 1 saturated carbocycles. The quantitative estimate of drug-likeness (QED) is 0.133. The van der Waals surface area contributed by atoms with E-state index in [0.717, 1.165) is 18.9 Å². The number of ether oxygens (including phenoxy) is 6. The first kappa shape index (κ1) is 41.6. The summed E-state index contributed by atoms with van der Waals surface area (Å²) in [6.07, 6.45) is 2.72. The number of fused-ring (bicyclic) bond motifs is 2. The molecule has 5 rings (SSSR count). The number of anilines is 1. The molecule has 2 aromatic heterocycles. The molecule has 2 aliphatic heterocycles. The maximum absolute atomic E-state index is 14.0. The zero-order valence-electron chi connectivity index (χ0n) is 32.3. The molecule has 2 saturated heterocycles. The fourth-order valence-corrected chi connectivity index (χ4v) is 8.54. The Kier molecular flexibility index (Phi) is 12.6. The van der Waals surface area contributed by atoms with Gasteiger partial charge < -0.3 is 42.6 Å². The molecule has 0 radical (unpaired) electrons. The van der Waals surface area contributed by atoms with E-state index in [-0.39, 0.29) is 49.8 Å². The maximum Gasteiger partial charge on any atom is 0.416 e. The first-order chi connectivity index (χ1) is 25.4. The van der Waals surface area contributed by atoms with Crippen LogP contribution in [0.1, 0.15) is 100 Å². The number of hydrogen-bond acceptors (Lipinski definition) is 15. The Morgan fingerprint density at radius 3 is 2.28 bits per heavy atom. The topological polar surface area (TPSA) is 209 Å². The van der Waals surface area contributed by atoms with Crippen LogP contribution in [-0.4, -0.2) is 110 Å². The van der Waals surface area contributed by atoms with Crippen LogP contribution in [-0.2, 0) is 51.6 Å². The Labute approximate surface area is 314 Å². The zero-order chi connectivity index (χ0) is 39.6. The minimum Gasteiger partial charge on any atom is -0.478 e. The van der Waals surface area contributed by atoms with Gasteiger partial charge in [0.2, 0.25) is 0 Å². The van der Waals surface area contributed by atoms with Crippen molar-refractivity contribution >= 4 is 48.6 Å². The van der Waals surface area contributed by atoms with Crippen molar-refractivity contribution in [3.05, 3.63) is 18.1 Å². The third-order valence-corrected chi connectivity index (χ3v) is 11.6. The van der Waals surface area contributed by atoms with Crippen LogP contribution in [0.2, 0.25) is 0 Å². The van der Waals surface area contributed by atoms with Crippen molar-refractivity contribution in [2.24, 2.45) is 0 Å². The molecule has 3 fully saturated rings. The highest BCUT2D eigenvalue weighted by molar-refractivity contribution is 7.56. The monoisotopic (exact) mass is 781 g/mol. The van der Waals surface area contributed by atoms with Crippen LogP contribution in [0.5, 0.6) is 0 Å². The van der Waals surface area contributed by atoms with E-state index in [1.54, 1.807) is 55.4 Å². The first-order valence-electron chi connectivity index (χ1n) is 18.3. The van der Waals surface area contributed by atoms with Crippen molar-refractivity contribution in [1.29, 1.82) is 0 Å². The number of aliphatic carboxylic acids is 1. The molecule has 1 N–H and O–H groups in total. The standard InChI is InChI=1S/C35H52N5O13P/c1-10-46-31(43)35(9,54(45,48-11-2)49-12-3)47-20-23-26-27(52-34(7,8)51-26)30(50-23)40-29-22(19-36-40)28(37-24(38-29)17-18-25(41)42)39(21-15-13-14-16-21)32(44)53-33(4,5)6/h17-19,21,23,26-27,30H,10-16,20H2,1-9H3,(H,41,42)/b18-17+/t23-,26-,27-,30-,35?/m1/s1. The molecule has 4 heterocycles. The Morgan fingerprint density at radius 2 is 1.69 bits per heavy atom. The van der Waals surface area contributed by atoms with Gasteiger partial charge in [-0.25, -0.2) is 29.0 Å². The lowest BCUT2D eigenvalue weighted by Gasteiger charge is -2.34. The highest BCUT2D eigenvalue weighted by Crippen LogP contribution is 2.61. The van der Waals surface area contributed by atoms with Gasteiger partial charge in [0.1, 0.15) is 23.9 Å². The number of hydrogen-bond donors (Lipinski definition) is 1. The van der Waals surface area contributed by atoms with Gasteiger partial charge in [-0.2, -0.15) is 5.10 Å². The molecule has 5 atom stereocenters. The fraction of sp³-hybridized carbons (Fsp3) is 0.714. The van der Waals surface area contributed by atoms with Crippen molar-refractivity contribution < 1.29 is 61.5 Å². The van der Waals surface area contributed by atoms with E-state index in [1.165, 1.54) is 28.8 Å². The smallest absolute Gasteiger partial charge is 0.416 e. The number of esters is 1. The number of aromatic nitrogens is 4. The van der Waals surface area contributed by atoms with Crippen LogP contribution >= 0.6 is 7.60 Å². The van der Waals surface area contributed by atoms with E-state index in [4.69, 9.17) is 37.5 Å². The van der Waals surface area contributed by atoms with Gasteiger partial charge >= 0.3 is 25.6 Å². The van der Waals surface area contributed by atoms with E-state index in [2.05, 4.69) is 15.1 Å². The van der Waals surface area contributed by atoms with E-state index in [0.29, 0.717) is 18.2 Å².